The number of nitrogens with one attached hydrogen (secondary N) is 1. The minimum atomic E-state index is -0.805. The van der Waals surface area contributed by atoms with Gasteiger partial charge in [0.1, 0.15) is 6.04 Å². The van der Waals surface area contributed by atoms with Crippen molar-refractivity contribution in [3.8, 4) is 0 Å². The lowest BCUT2D eigenvalue weighted by Crippen LogP contribution is -2.37. The molecule has 0 saturated heterocycles. The molecular weight excluding hydrogens is 238 g/mol. The summed E-state index contributed by atoms with van der Waals surface area (Å²) in [4.78, 5) is 11.0. The van der Waals surface area contributed by atoms with E-state index in [-0.39, 0.29) is 0 Å². The van der Waals surface area contributed by atoms with Gasteiger partial charge >= 0.3 is 5.97 Å². The molecule has 94 valence electrons. The molecule has 0 aliphatic rings. The quantitative estimate of drug-likeness (QED) is 0.822. The van der Waals surface area contributed by atoms with Crippen LogP contribution in [0.25, 0.3) is 0 Å². The topological polar surface area (TPSA) is 49.3 Å². The molecule has 3 nitrogen and oxygen atoms in total. The molecule has 0 fully saturated rings. The first-order chi connectivity index (χ1) is 7.99. The van der Waals surface area contributed by atoms with E-state index in [1.165, 1.54) is 0 Å². The van der Waals surface area contributed by atoms with Crippen LogP contribution in [0.2, 0.25) is 5.02 Å². The Morgan fingerprint density at radius 2 is 2.18 bits per heavy atom. The maximum atomic E-state index is 11.0. The molecule has 0 unspecified atom stereocenters. The zero-order valence-electron chi connectivity index (χ0n) is 10.1. The summed E-state index contributed by atoms with van der Waals surface area (Å²) in [5.74, 6) is -0.455. The van der Waals surface area contributed by atoms with Crippen LogP contribution >= 0.6 is 11.6 Å². The van der Waals surface area contributed by atoms with Gasteiger partial charge in [-0.2, -0.15) is 0 Å². The van der Waals surface area contributed by atoms with Crippen LogP contribution in [0.3, 0.4) is 0 Å². The molecule has 17 heavy (non-hydrogen) atoms. The molecule has 0 radical (unpaired) electrons. The summed E-state index contributed by atoms with van der Waals surface area (Å²) in [5, 5.41) is 12.8. The van der Waals surface area contributed by atoms with E-state index in [1.807, 2.05) is 32.0 Å². The third-order valence-electron chi connectivity index (χ3n) is 2.45. The number of hydrogen-bond acceptors (Lipinski definition) is 2. The molecule has 0 bridgehead atoms. The van der Waals surface area contributed by atoms with Crippen molar-refractivity contribution in [1.82, 2.24) is 5.32 Å². The van der Waals surface area contributed by atoms with Gasteiger partial charge in [-0.1, -0.05) is 37.6 Å². The lowest BCUT2D eigenvalue weighted by molar-refractivity contribution is -0.140. The Bertz CT molecular complexity index is 379. The Balaban J connectivity index is 2.54. The van der Waals surface area contributed by atoms with Gasteiger partial charge in [-0.3, -0.25) is 4.79 Å². The summed E-state index contributed by atoms with van der Waals surface area (Å²) in [6.45, 7) is 4.54. The number of rotatable bonds is 6. The molecule has 1 aromatic carbocycles. The lowest BCUT2D eigenvalue weighted by atomic mass is 10.0. The van der Waals surface area contributed by atoms with Crippen molar-refractivity contribution in [2.45, 2.75) is 32.9 Å². The molecule has 0 aromatic heterocycles. The molecule has 0 amide bonds. The Hall–Kier alpha value is -1.06. The molecule has 0 heterocycles. The number of hydrogen-bond donors (Lipinski definition) is 2. The van der Waals surface area contributed by atoms with Gasteiger partial charge in [0.2, 0.25) is 0 Å². The van der Waals surface area contributed by atoms with Crippen molar-refractivity contribution < 1.29 is 9.90 Å². The van der Waals surface area contributed by atoms with E-state index < -0.39 is 12.0 Å². The fraction of sp³-hybridized carbons (Fsp3) is 0.462. The van der Waals surface area contributed by atoms with Gasteiger partial charge in [0, 0.05) is 11.6 Å². The second-order valence-electron chi connectivity index (χ2n) is 4.53. The zero-order valence-corrected chi connectivity index (χ0v) is 10.9. The van der Waals surface area contributed by atoms with Crippen LogP contribution in [0.1, 0.15) is 25.8 Å². The summed E-state index contributed by atoms with van der Waals surface area (Å²) in [5.41, 5.74) is 0.993. The standard InChI is InChI=1S/C13H18ClNO2/c1-9(2)6-12(13(16)17)15-8-10-4-3-5-11(14)7-10/h3-5,7,9,12,15H,6,8H2,1-2H3,(H,16,17)/t12-/m0/s1. The van der Waals surface area contributed by atoms with Crippen LogP contribution in [0.15, 0.2) is 24.3 Å². The molecule has 0 spiro atoms. The minimum absolute atomic E-state index is 0.350. The number of carboxylic acid groups (broad SMARTS) is 1. The number of benzene rings is 1. The molecule has 0 aliphatic heterocycles. The van der Waals surface area contributed by atoms with Gasteiger partial charge in [0.25, 0.3) is 0 Å². The first-order valence-electron chi connectivity index (χ1n) is 5.69. The van der Waals surface area contributed by atoms with E-state index in [9.17, 15) is 4.79 Å². The third kappa shape index (κ3) is 5.20. The van der Waals surface area contributed by atoms with Crippen LogP contribution in [-0.2, 0) is 11.3 Å². The SMILES string of the molecule is CC(C)C[C@H](NCc1cccc(Cl)c1)C(=O)O. The number of halogens is 1. The minimum Gasteiger partial charge on any atom is -0.480 e. The van der Waals surface area contributed by atoms with Gasteiger partial charge in [0.05, 0.1) is 0 Å². The molecule has 1 rings (SSSR count). The molecule has 1 atom stereocenters. The van der Waals surface area contributed by atoms with Crippen LogP contribution in [0.4, 0.5) is 0 Å². The molecule has 0 aliphatic carbocycles. The maximum absolute atomic E-state index is 11.0. The van der Waals surface area contributed by atoms with Gasteiger partial charge in [-0.05, 0) is 30.0 Å². The lowest BCUT2D eigenvalue weighted by Gasteiger charge is -2.16. The van der Waals surface area contributed by atoms with Crippen molar-refractivity contribution in [3.63, 3.8) is 0 Å². The van der Waals surface area contributed by atoms with Gasteiger partial charge in [0.15, 0.2) is 0 Å². The predicted molar refractivity (Wildman–Crippen MR) is 69.2 cm³/mol. The Labute approximate surface area is 107 Å². The van der Waals surface area contributed by atoms with Crippen molar-refractivity contribution in [2.24, 2.45) is 5.92 Å². The Kier molecular flexibility index (Phi) is 5.45. The summed E-state index contributed by atoms with van der Waals surface area (Å²) in [6.07, 6.45) is 0.621. The number of carbonyl (C=O) groups is 1. The fourth-order valence-corrected chi connectivity index (χ4v) is 1.84. The number of aliphatic carboxylic acids is 1. The first-order valence-corrected chi connectivity index (χ1v) is 6.07. The first kappa shape index (κ1) is 14.0. The number of carboxylic acids is 1. The van der Waals surface area contributed by atoms with Gasteiger partial charge in [-0.25, -0.2) is 0 Å². The zero-order chi connectivity index (χ0) is 12.8. The predicted octanol–water partition coefficient (Wildman–Crippen LogP) is 2.93. The molecule has 4 heteroatoms. The van der Waals surface area contributed by atoms with E-state index >= 15 is 0 Å². The van der Waals surface area contributed by atoms with Crippen molar-refractivity contribution in [2.75, 3.05) is 0 Å². The van der Waals surface area contributed by atoms with Gasteiger partial charge < -0.3 is 10.4 Å². The smallest absolute Gasteiger partial charge is 0.320 e. The Morgan fingerprint density at radius 1 is 1.47 bits per heavy atom. The van der Waals surface area contributed by atoms with Crippen LogP contribution in [0, 0.1) is 5.92 Å². The summed E-state index contributed by atoms with van der Waals surface area (Å²) in [7, 11) is 0. The van der Waals surface area contributed by atoms with E-state index in [2.05, 4.69) is 5.32 Å². The average molecular weight is 256 g/mol. The van der Waals surface area contributed by atoms with Crippen LogP contribution in [0.5, 0.6) is 0 Å². The molecule has 0 saturated carbocycles. The highest BCUT2D eigenvalue weighted by atomic mass is 35.5. The maximum Gasteiger partial charge on any atom is 0.320 e. The fourth-order valence-electron chi connectivity index (χ4n) is 1.63. The van der Waals surface area contributed by atoms with E-state index in [1.54, 1.807) is 6.07 Å². The third-order valence-corrected chi connectivity index (χ3v) is 2.68. The molecule has 1 aromatic rings. The average Bonchev–Trinajstić information content (AvgIpc) is 2.23. The summed E-state index contributed by atoms with van der Waals surface area (Å²) < 4.78 is 0. The van der Waals surface area contributed by atoms with Crippen LogP contribution < -0.4 is 5.32 Å². The largest absolute Gasteiger partial charge is 0.480 e. The highest BCUT2D eigenvalue weighted by molar-refractivity contribution is 6.30. The monoisotopic (exact) mass is 255 g/mol. The van der Waals surface area contributed by atoms with Crippen molar-refractivity contribution in [3.05, 3.63) is 34.9 Å². The van der Waals surface area contributed by atoms with Crippen molar-refractivity contribution >= 4 is 17.6 Å². The molecule has 2 N–H and O–H groups in total. The highest BCUT2D eigenvalue weighted by Crippen LogP contribution is 2.11. The second-order valence-corrected chi connectivity index (χ2v) is 4.97. The van der Waals surface area contributed by atoms with E-state index in [0.717, 1.165) is 5.56 Å². The summed E-state index contributed by atoms with van der Waals surface area (Å²) >= 11 is 5.86. The van der Waals surface area contributed by atoms with E-state index in [4.69, 9.17) is 16.7 Å². The van der Waals surface area contributed by atoms with Crippen LogP contribution in [-0.4, -0.2) is 17.1 Å². The Morgan fingerprint density at radius 3 is 2.71 bits per heavy atom. The van der Waals surface area contributed by atoms with Gasteiger partial charge in [-0.15, -0.1) is 0 Å². The normalized spacial score (nSPS) is 12.7. The van der Waals surface area contributed by atoms with E-state index in [0.29, 0.717) is 23.9 Å². The highest BCUT2D eigenvalue weighted by Gasteiger charge is 2.17. The summed E-state index contributed by atoms with van der Waals surface area (Å²) in [6, 6.07) is 6.91. The second kappa shape index (κ2) is 6.62. The molecular formula is C13H18ClNO2. The van der Waals surface area contributed by atoms with Crippen molar-refractivity contribution in [1.29, 1.82) is 0 Å².